The SMILES string of the molecule is C=CCC(C)(CC1CC(NC(=O)O)C1)N[S@+]([O-])C(C)(C)C. The third kappa shape index (κ3) is 5.88. The molecule has 1 aliphatic carbocycles. The topological polar surface area (TPSA) is 84.4 Å². The summed E-state index contributed by atoms with van der Waals surface area (Å²) in [6, 6.07) is 0.0635. The zero-order valence-electron chi connectivity index (χ0n) is 13.4. The van der Waals surface area contributed by atoms with Gasteiger partial charge in [0.2, 0.25) is 0 Å². The predicted octanol–water partition coefficient (Wildman–Crippen LogP) is 2.81. The van der Waals surface area contributed by atoms with Crippen molar-refractivity contribution in [2.24, 2.45) is 5.92 Å². The van der Waals surface area contributed by atoms with Crippen LogP contribution in [0.25, 0.3) is 0 Å². The van der Waals surface area contributed by atoms with Gasteiger partial charge in [-0.3, -0.25) is 0 Å². The highest BCUT2D eigenvalue weighted by atomic mass is 32.2. The summed E-state index contributed by atoms with van der Waals surface area (Å²) >= 11 is -1.13. The Kier molecular flexibility index (Phi) is 6.13. The summed E-state index contributed by atoms with van der Waals surface area (Å²) in [7, 11) is 0. The van der Waals surface area contributed by atoms with Gasteiger partial charge in [-0.25, -0.2) is 4.79 Å². The first-order valence-electron chi connectivity index (χ1n) is 7.36. The Labute approximate surface area is 130 Å². The fourth-order valence-electron chi connectivity index (χ4n) is 2.69. The first-order chi connectivity index (χ1) is 9.55. The highest BCUT2D eigenvalue weighted by Gasteiger charge is 2.40. The van der Waals surface area contributed by atoms with Crippen LogP contribution in [-0.4, -0.2) is 32.1 Å². The molecular formula is C15H28N2O3S. The molecule has 1 saturated carbocycles. The van der Waals surface area contributed by atoms with Gasteiger partial charge >= 0.3 is 6.09 Å². The number of carbonyl (C=O) groups is 1. The van der Waals surface area contributed by atoms with Crippen LogP contribution in [0.5, 0.6) is 0 Å². The molecule has 0 aliphatic heterocycles. The fourth-order valence-corrected chi connectivity index (χ4v) is 3.61. The summed E-state index contributed by atoms with van der Waals surface area (Å²) in [6.45, 7) is 11.7. The number of amides is 1. The van der Waals surface area contributed by atoms with Crippen molar-refractivity contribution in [3.63, 3.8) is 0 Å². The summed E-state index contributed by atoms with van der Waals surface area (Å²) < 4.78 is 15.3. The van der Waals surface area contributed by atoms with Crippen molar-refractivity contribution in [3.8, 4) is 0 Å². The molecule has 6 heteroatoms. The molecule has 2 atom stereocenters. The van der Waals surface area contributed by atoms with E-state index in [4.69, 9.17) is 5.11 Å². The molecule has 0 saturated heterocycles. The molecule has 0 bridgehead atoms. The van der Waals surface area contributed by atoms with E-state index < -0.39 is 17.5 Å². The lowest BCUT2D eigenvalue weighted by atomic mass is 9.73. The predicted molar refractivity (Wildman–Crippen MR) is 86.5 cm³/mol. The average molecular weight is 316 g/mol. The van der Waals surface area contributed by atoms with Crippen LogP contribution >= 0.6 is 0 Å². The molecule has 1 aliphatic rings. The summed E-state index contributed by atoms with van der Waals surface area (Å²) in [5.74, 6) is 0.455. The minimum Gasteiger partial charge on any atom is -0.598 e. The van der Waals surface area contributed by atoms with Crippen molar-refractivity contribution in [1.82, 2.24) is 10.0 Å². The van der Waals surface area contributed by atoms with Crippen molar-refractivity contribution in [2.45, 2.75) is 69.7 Å². The van der Waals surface area contributed by atoms with Gasteiger partial charge in [-0.15, -0.1) is 11.3 Å². The smallest absolute Gasteiger partial charge is 0.404 e. The number of hydrogen-bond donors (Lipinski definition) is 3. The summed E-state index contributed by atoms with van der Waals surface area (Å²) in [5, 5.41) is 11.2. The molecule has 1 amide bonds. The molecule has 21 heavy (non-hydrogen) atoms. The Balaban J connectivity index is 2.53. The number of nitrogens with one attached hydrogen (secondary N) is 2. The van der Waals surface area contributed by atoms with E-state index >= 15 is 0 Å². The summed E-state index contributed by atoms with van der Waals surface area (Å²) in [5.41, 5.74) is -0.265. The molecule has 0 aromatic rings. The van der Waals surface area contributed by atoms with Crippen LogP contribution < -0.4 is 10.0 Å². The van der Waals surface area contributed by atoms with E-state index in [2.05, 4.69) is 23.5 Å². The Morgan fingerprint density at radius 2 is 2.00 bits per heavy atom. The normalized spacial score (nSPS) is 26.3. The number of carboxylic acid groups (broad SMARTS) is 1. The van der Waals surface area contributed by atoms with Crippen LogP contribution in [0.4, 0.5) is 4.79 Å². The van der Waals surface area contributed by atoms with Gasteiger partial charge in [-0.1, -0.05) is 6.08 Å². The zero-order chi connectivity index (χ0) is 16.3. The van der Waals surface area contributed by atoms with Crippen LogP contribution in [0, 0.1) is 5.92 Å². The molecule has 1 rings (SSSR count). The van der Waals surface area contributed by atoms with Crippen LogP contribution in [-0.2, 0) is 11.4 Å². The lowest BCUT2D eigenvalue weighted by Gasteiger charge is -2.42. The molecule has 1 fully saturated rings. The Morgan fingerprint density at radius 3 is 2.43 bits per heavy atom. The summed E-state index contributed by atoms with van der Waals surface area (Å²) in [6.07, 6.45) is 4.20. The zero-order valence-corrected chi connectivity index (χ0v) is 14.3. The second-order valence-electron chi connectivity index (χ2n) is 7.22. The van der Waals surface area contributed by atoms with Gasteiger partial charge in [0.1, 0.15) is 4.75 Å². The van der Waals surface area contributed by atoms with Crippen LogP contribution in [0.15, 0.2) is 12.7 Å². The Bertz CT molecular complexity index is 378. The van der Waals surface area contributed by atoms with E-state index in [0.717, 1.165) is 25.7 Å². The van der Waals surface area contributed by atoms with Gasteiger partial charge in [0.25, 0.3) is 0 Å². The van der Waals surface area contributed by atoms with Crippen LogP contribution in [0.1, 0.15) is 53.4 Å². The van der Waals surface area contributed by atoms with E-state index in [0.29, 0.717) is 5.92 Å². The first-order valence-corrected chi connectivity index (χ1v) is 8.51. The van der Waals surface area contributed by atoms with Crippen molar-refractivity contribution >= 4 is 17.5 Å². The van der Waals surface area contributed by atoms with Crippen LogP contribution in [0.3, 0.4) is 0 Å². The molecule has 0 aromatic carbocycles. The van der Waals surface area contributed by atoms with Gasteiger partial charge < -0.3 is 15.0 Å². The van der Waals surface area contributed by atoms with E-state index in [1.807, 2.05) is 26.8 Å². The number of hydrogen-bond acceptors (Lipinski definition) is 3. The maximum absolute atomic E-state index is 12.3. The van der Waals surface area contributed by atoms with E-state index in [1.54, 1.807) is 0 Å². The molecule has 5 nitrogen and oxygen atoms in total. The second kappa shape index (κ2) is 7.03. The standard InChI is InChI=1S/C15H28N2O3S/c1-6-7-15(5,17-21(20)14(2,3)4)10-11-8-12(9-11)16-13(18)19/h6,11-12,16-17H,1,7-10H2,2-5H3,(H,18,19)/t11?,12?,15?,21-/m1/s1. The minimum atomic E-state index is -1.13. The highest BCUT2D eigenvalue weighted by Crippen LogP contribution is 2.36. The number of rotatable bonds is 7. The van der Waals surface area contributed by atoms with E-state index in [1.165, 1.54) is 0 Å². The molecule has 122 valence electrons. The lowest BCUT2D eigenvalue weighted by Crippen LogP contribution is -2.54. The minimum absolute atomic E-state index is 0.0635. The largest absolute Gasteiger partial charge is 0.598 e. The van der Waals surface area contributed by atoms with Crippen molar-refractivity contribution in [2.75, 3.05) is 0 Å². The van der Waals surface area contributed by atoms with Gasteiger partial charge in [-0.05, 0) is 59.3 Å². The Morgan fingerprint density at radius 1 is 1.43 bits per heavy atom. The van der Waals surface area contributed by atoms with Crippen molar-refractivity contribution in [1.29, 1.82) is 0 Å². The van der Waals surface area contributed by atoms with Crippen molar-refractivity contribution < 1.29 is 14.5 Å². The quantitative estimate of drug-likeness (QED) is 0.498. The van der Waals surface area contributed by atoms with Gasteiger partial charge in [0.05, 0.1) is 5.54 Å². The van der Waals surface area contributed by atoms with Crippen LogP contribution in [0.2, 0.25) is 0 Å². The maximum Gasteiger partial charge on any atom is 0.404 e. The van der Waals surface area contributed by atoms with E-state index in [-0.39, 0.29) is 16.3 Å². The molecule has 0 aromatic heterocycles. The third-order valence-corrected chi connectivity index (χ3v) is 5.58. The molecular weight excluding hydrogens is 288 g/mol. The third-order valence-electron chi connectivity index (χ3n) is 3.79. The highest BCUT2D eigenvalue weighted by molar-refractivity contribution is 7.90. The molecule has 0 spiro atoms. The van der Waals surface area contributed by atoms with Gasteiger partial charge in [0, 0.05) is 17.4 Å². The van der Waals surface area contributed by atoms with Gasteiger partial charge in [-0.2, -0.15) is 0 Å². The first kappa shape index (κ1) is 18.3. The fraction of sp³-hybridized carbons (Fsp3) is 0.800. The second-order valence-corrected chi connectivity index (χ2v) is 9.19. The lowest BCUT2D eigenvalue weighted by molar-refractivity contribution is 0.148. The molecule has 0 radical (unpaired) electrons. The molecule has 0 heterocycles. The van der Waals surface area contributed by atoms with Crippen molar-refractivity contribution in [3.05, 3.63) is 12.7 Å². The van der Waals surface area contributed by atoms with Gasteiger partial charge in [0.15, 0.2) is 0 Å². The summed E-state index contributed by atoms with van der Waals surface area (Å²) in [4.78, 5) is 10.6. The maximum atomic E-state index is 12.3. The van der Waals surface area contributed by atoms with E-state index in [9.17, 15) is 9.35 Å². The molecule has 3 N–H and O–H groups in total. The Hall–Kier alpha value is -0.720. The average Bonchev–Trinajstić information content (AvgIpc) is 2.24. The molecule has 1 unspecified atom stereocenters. The monoisotopic (exact) mass is 316 g/mol.